The minimum absolute atomic E-state index is 0.256. The number of carbonyl (C=O) groups excluding carboxylic acids is 3. The largest absolute Gasteiger partial charge is 0.375 e. The Morgan fingerprint density at radius 2 is 1.52 bits per heavy atom. The van der Waals surface area contributed by atoms with Crippen molar-refractivity contribution < 1.29 is 19.1 Å². The fourth-order valence-electron chi connectivity index (χ4n) is 2.71. The first-order valence-electron chi connectivity index (χ1n) is 9.06. The van der Waals surface area contributed by atoms with Crippen LogP contribution in [0, 0.1) is 5.41 Å². The summed E-state index contributed by atoms with van der Waals surface area (Å²) in [6.45, 7) is 14.1. The SMILES string of the molecule is CCC(C)(C)C(=O)CCC(C)(C)OCCC(C)(C)N1C(=O)C=CC1=O. The normalized spacial score (nSPS) is 16.0. The van der Waals surface area contributed by atoms with E-state index in [0.717, 1.165) is 6.42 Å². The molecule has 0 bridgehead atoms. The highest BCUT2D eigenvalue weighted by molar-refractivity contribution is 6.13. The molecule has 25 heavy (non-hydrogen) atoms. The summed E-state index contributed by atoms with van der Waals surface area (Å²) in [6.07, 6.45) is 5.12. The summed E-state index contributed by atoms with van der Waals surface area (Å²) in [4.78, 5) is 37.2. The molecule has 0 unspecified atom stereocenters. The van der Waals surface area contributed by atoms with E-state index in [0.29, 0.717) is 25.9 Å². The molecule has 0 aromatic rings. The first-order chi connectivity index (χ1) is 11.3. The lowest BCUT2D eigenvalue weighted by Crippen LogP contribution is -2.48. The highest BCUT2D eigenvalue weighted by atomic mass is 16.5. The van der Waals surface area contributed by atoms with Gasteiger partial charge in [-0.15, -0.1) is 0 Å². The maximum absolute atomic E-state index is 12.3. The van der Waals surface area contributed by atoms with Crippen molar-refractivity contribution >= 4 is 17.6 Å². The van der Waals surface area contributed by atoms with Crippen LogP contribution in [-0.2, 0) is 19.1 Å². The fraction of sp³-hybridized carbons (Fsp3) is 0.750. The molecule has 1 aliphatic heterocycles. The molecule has 142 valence electrons. The Kier molecular flexibility index (Phi) is 6.74. The van der Waals surface area contributed by atoms with Gasteiger partial charge in [-0.2, -0.15) is 0 Å². The summed E-state index contributed by atoms with van der Waals surface area (Å²) in [6, 6.07) is 0. The van der Waals surface area contributed by atoms with Crippen LogP contribution < -0.4 is 0 Å². The molecular formula is C20H33NO4. The number of ether oxygens (including phenoxy) is 1. The molecule has 0 spiro atoms. The monoisotopic (exact) mass is 351 g/mol. The average Bonchev–Trinajstić information content (AvgIpc) is 2.84. The van der Waals surface area contributed by atoms with E-state index in [4.69, 9.17) is 4.74 Å². The van der Waals surface area contributed by atoms with E-state index < -0.39 is 11.1 Å². The zero-order chi connectivity index (χ0) is 19.5. The van der Waals surface area contributed by atoms with Crippen molar-refractivity contribution in [3.63, 3.8) is 0 Å². The second-order valence-electron chi connectivity index (χ2n) is 8.68. The second-order valence-corrected chi connectivity index (χ2v) is 8.68. The Bertz CT molecular complexity index is 540. The number of nitrogens with zero attached hydrogens (tertiary/aromatic N) is 1. The molecule has 0 radical (unpaired) electrons. The zero-order valence-corrected chi connectivity index (χ0v) is 16.8. The first kappa shape index (κ1) is 21.6. The van der Waals surface area contributed by atoms with Gasteiger partial charge >= 0.3 is 0 Å². The van der Waals surface area contributed by atoms with Crippen LogP contribution in [0.3, 0.4) is 0 Å². The smallest absolute Gasteiger partial charge is 0.254 e. The van der Waals surface area contributed by atoms with Crippen molar-refractivity contribution in [1.29, 1.82) is 0 Å². The summed E-state index contributed by atoms with van der Waals surface area (Å²) in [5, 5.41) is 0. The molecule has 0 atom stereocenters. The van der Waals surface area contributed by atoms with Crippen LogP contribution in [0.2, 0.25) is 0 Å². The molecular weight excluding hydrogens is 318 g/mol. The first-order valence-corrected chi connectivity index (χ1v) is 9.06. The average molecular weight is 351 g/mol. The topological polar surface area (TPSA) is 63.7 Å². The van der Waals surface area contributed by atoms with Gasteiger partial charge in [0.2, 0.25) is 0 Å². The van der Waals surface area contributed by atoms with Crippen LogP contribution in [0.5, 0.6) is 0 Å². The molecule has 5 heteroatoms. The van der Waals surface area contributed by atoms with Gasteiger partial charge in [0.1, 0.15) is 5.78 Å². The third kappa shape index (κ3) is 5.77. The van der Waals surface area contributed by atoms with Crippen molar-refractivity contribution in [2.75, 3.05) is 6.61 Å². The summed E-state index contributed by atoms with van der Waals surface area (Å²) >= 11 is 0. The van der Waals surface area contributed by atoms with Crippen LogP contribution in [0.25, 0.3) is 0 Å². The van der Waals surface area contributed by atoms with Gasteiger partial charge in [-0.1, -0.05) is 20.8 Å². The van der Waals surface area contributed by atoms with E-state index in [1.54, 1.807) is 0 Å². The number of hydrogen-bond acceptors (Lipinski definition) is 4. The summed E-state index contributed by atoms with van der Waals surface area (Å²) in [5.74, 6) is -0.297. The summed E-state index contributed by atoms with van der Waals surface area (Å²) in [5.41, 5.74) is -1.32. The quantitative estimate of drug-likeness (QED) is 0.564. The highest BCUT2D eigenvalue weighted by Gasteiger charge is 2.37. The van der Waals surface area contributed by atoms with Crippen LogP contribution in [0.4, 0.5) is 0 Å². The molecule has 0 aliphatic carbocycles. The van der Waals surface area contributed by atoms with Crippen LogP contribution in [-0.4, -0.2) is 40.2 Å². The standard InChI is InChI=1S/C20H33NO4/c1-8-18(2,3)15(22)11-12-20(6,7)25-14-13-19(4,5)21-16(23)9-10-17(21)24/h9-10H,8,11-14H2,1-7H3. The molecule has 0 N–H and O–H groups in total. The predicted molar refractivity (Wildman–Crippen MR) is 98.0 cm³/mol. The number of Topliss-reactive ketones (excluding diaryl/α,β-unsaturated/α-hetero) is 1. The van der Waals surface area contributed by atoms with E-state index in [1.807, 2.05) is 48.5 Å². The van der Waals surface area contributed by atoms with E-state index in [2.05, 4.69) is 0 Å². The van der Waals surface area contributed by atoms with E-state index >= 15 is 0 Å². The third-order valence-electron chi connectivity index (χ3n) is 5.21. The van der Waals surface area contributed by atoms with Gasteiger partial charge in [-0.3, -0.25) is 19.3 Å². The van der Waals surface area contributed by atoms with Gasteiger partial charge < -0.3 is 4.74 Å². The molecule has 5 nitrogen and oxygen atoms in total. The molecule has 0 saturated heterocycles. The van der Waals surface area contributed by atoms with Crippen molar-refractivity contribution in [2.45, 2.75) is 85.3 Å². The van der Waals surface area contributed by atoms with Crippen molar-refractivity contribution in [3.05, 3.63) is 12.2 Å². The van der Waals surface area contributed by atoms with Crippen LogP contribution in [0.1, 0.15) is 74.1 Å². The zero-order valence-electron chi connectivity index (χ0n) is 16.8. The lowest BCUT2D eigenvalue weighted by atomic mass is 9.82. The molecule has 0 aromatic carbocycles. The number of hydrogen-bond donors (Lipinski definition) is 0. The van der Waals surface area contributed by atoms with Gasteiger partial charge in [0, 0.05) is 36.1 Å². The Labute approximate surface area is 151 Å². The molecule has 2 amide bonds. The Morgan fingerprint density at radius 1 is 1.00 bits per heavy atom. The van der Waals surface area contributed by atoms with Gasteiger partial charge in [0.05, 0.1) is 5.60 Å². The van der Waals surface area contributed by atoms with Gasteiger partial charge in [0.25, 0.3) is 11.8 Å². The van der Waals surface area contributed by atoms with E-state index in [-0.39, 0.29) is 23.0 Å². The second kappa shape index (κ2) is 7.81. The lowest BCUT2D eigenvalue weighted by molar-refractivity contribution is -0.144. The molecule has 1 rings (SSSR count). The summed E-state index contributed by atoms with van der Waals surface area (Å²) < 4.78 is 5.97. The molecule has 1 aliphatic rings. The minimum Gasteiger partial charge on any atom is -0.375 e. The van der Waals surface area contributed by atoms with Crippen molar-refractivity contribution in [3.8, 4) is 0 Å². The lowest BCUT2D eigenvalue weighted by Gasteiger charge is -2.35. The summed E-state index contributed by atoms with van der Waals surface area (Å²) in [7, 11) is 0. The highest BCUT2D eigenvalue weighted by Crippen LogP contribution is 2.28. The Morgan fingerprint density at radius 3 is 2.00 bits per heavy atom. The Balaban J connectivity index is 2.49. The van der Waals surface area contributed by atoms with Crippen molar-refractivity contribution in [1.82, 2.24) is 4.90 Å². The van der Waals surface area contributed by atoms with E-state index in [9.17, 15) is 14.4 Å². The molecule has 1 heterocycles. The minimum atomic E-state index is -0.603. The number of imide groups is 1. The van der Waals surface area contributed by atoms with E-state index in [1.165, 1.54) is 17.1 Å². The van der Waals surface area contributed by atoms with Gasteiger partial charge in [-0.25, -0.2) is 0 Å². The number of carbonyl (C=O) groups is 3. The predicted octanol–water partition coefficient (Wildman–Crippen LogP) is 3.66. The van der Waals surface area contributed by atoms with Crippen LogP contribution >= 0.6 is 0 Å². The number of ketones is 1. The molecule has 0 aromatic heterocycles. The van der Waals surface area contributed by atoms with Crippen molar-refractivity contribution in [2.24, 2.45) is 5.41 Å². The fourth-order valence-corrected chi connectivity index (χ4v) is 2.71. The van der Waals surface area contributed by atoms with Gasteiger partial charge in [0.15, 0.2) is 0 Å². The Hall–Kier alpha value is -1.49. The van der Waals surface area contributed by atoms with Gasteiger partial charge in [-0.05, 0) is 47.0 Å². The number of rotatable bonds is 10. The molecule has 0 fully saturated rings. The maximum atomic E-state index is 12.3. The third-order valence-corrected chi connectivity index (χ3v) is 5.21. The maximum Gasteiger partial charge on any atom is 0.254 e. The van der Waals surface area contributed by atoms with Crippen LogP contribution in [0.15, 0.2) is 12.2 Å². The molecule has 0 saturated carbocycles. The number of amides is 2.